The molecule has 4 rings (SSSR count). The molecule has 0 radical (unpaired) electrons. The molecule has 8 heteroatoms. The zero-order chi connectivity index (χ0) is 33.0. The van der Waals surface area contributed by atoms with Crippen molar-refractivity contribution in [3.05, 3.63) is 95.5 Å². The van der Waals surface area contributed by atoms with Crippen LogP contribution in [0.15, 0.2) is 95.5 Å². The van der Waals surface area contributed by atoms with E-state index in [4.69, 9.17) is 13.9 Å². The van der Waals surface area contributed by atoms with E-state index >= 15 is 0 Å². The molecule has 1 N–H and O–H groups in total. The number of halogens is 1. The monoisotopic (exact) mass is 694 g/mol. The molecule has 2 aromatic carbocycles. The van der Waals surface area contributed by atoms with Crippen molar-refractivity contribution in [2.75, 3.05) is 0 Å². The van der Waals surface area contributed by atoms with Crippen molar-refractivity contribution in [2.24, 2.45) is 11.3 Å². The zero-order valence-electron chi connectivity index (χ0n) is 27.5. The van der Waals surface area contributed by atoms with Crippen LogP contribution in [0, 0.1) is 11.3 Å². The minimum absolute atomic E-state index is 0.0518. The SMILES string of the molecule is C/C1=C\C(=O)C(C)(C)[C@H]2C[C@@H](O[Si](c3ccccc3)(c3ccccc3)C(C)(C)C)C[C@](O)(O2)[C@@H](C)C(=O)O[C@@H](/C=C/C=C/Br)C1. The molecule has 0 unspecified atom stereocenters. The molecule has 45 heavy (non-hydrogen) atoms. The minimum Gasteiger partial charge on any atom is -0.457 e. The Morgan fingerprint density at radius 3 is 2.11 bits per heavy atom. The summed E-state index contributed by atoms with van der Waals surface area (Å²) in [6.45, 7) is 13.8. The number of ketones is 1. The Bertz CT molecular complexity index is 1390. The fraction of sp³-hybridized carbons (Fsp3) is 0.459. The van der Waals surface area contributed by atoms with Gasteiger partial charge in [-0.1, -0.05) is 129 Å². The summed E-state index contributed by atoms with van der Waals surface area (Å²) in [5, 5.41) is 14.2. The van der Waals surface area contributed by atoms with Crippen LogP contribution in [-0.2, 0) is 23.5 Å². The molecule has 0 aromatic heterocycles. The van der Waals surface area contributed by atoms with Gasteiger partial charge in [-0.3, -0.25) is 9.59 Å². The summed E-state index contributed by atoms with van der Waals surface area (Å²) in [4.78, 5) is 29.2. The van der Waals surface area contributed by atoms with Crippen LogP contribution in [0.4, 0.5) is 0 Å². The number of carbonyl (C=O) groups excluding carboxylic acids is 2. The lowest BCUT2D eigenvalue weighted by molar-refractivity contribution is -0.305. The molecule has 0 saturated carbocycles. The summed E-state index contributed by atoms with van der Waals surface area (Å²) >= 11 is 3.25. The highest BCUT2D eigenvalue weighted by Crippen LogP contribution is 2.45. The summed E-state index contributed by atoms with van der Waals surface area (Å²) in [7, 11) is -3.03. The first-order chi connectivity index (χ1) is 21.1. The van der Waals surface area contributed by atoms with Gasteiger partial charge in [-0.2, -0.15) is 0 Å². The lowest BCUT2D eigenvalue weighted by Gasteiger charge is -2.51. The van der Waals surface area contributed by atoms with Crippen LogP contribution in [-0.4, -0.2) is 49.3 Å². The van der Waals surface area contributed by atoms with Gasteiger partial charge < -0.3 is 19.0 Å². The number of esters is 1. The smallest absolute Gasteiger partial charge is 0.314 e. The zero-order valence-corrected chi connectivity index (χ0v) is 30.0. The first-order valence-corrected chi connectivity index (χ1v) is 18.5. The van der Waals surface area contributed by atoms with E-state index in [1.165, 1.54) is 0 Å². The lowest BCUT2D eigenvalue weighted by Crippen LogP contribution is -2.69. The summed E-state index contributed by atoms with van der Waals surface area (Å²) in [5.74, 6) is -3.64. The van der Waals surface area contributed by atoms with Gasteiger partial charge in [-0.15, -0.1) is 0 Å². The predicted molar refractivity (Wildman–Crippen MR) is 185 cm³/mol. The number of hydrogen-bond donors (Lipinski definition) is 1. The predicted octanol–water partition coefficient (Wildman–Crippen LogP) is 6.76. The average molecular weight is 696 g/mol. The maximum atomic E-state index is 13.9. The van der Waals surface area contributed by atoms with Gasteiger partial charge in [0, 0.05) is 12.8 Å². The number of cyclic esters (lactones) is 1. The Balaban J connectivity index is 1.84. The molecule has 2 aromatic rings. The highest BCUT2D eigenvalue weighted by atomic mass is 79.9. The molecule has 5 atom stereocenters. The van der Waals surface area contributed by atoms with E-state index in [0.29, 0.717) is 12.8 Å². The Kier molecular flexibility index (Phi) is 11.0. The quantitative estimate of drug-likeness (QED) is 0.205. The van der Waals surface area contributed by atoms with Crippen molar-refractivity contribution < 1.29 is 28.6 Å². The highest BCUT2D eigenvalue weighted by Gasteiger charge is 2.57. The van der Waals surface area contributed by atoms with Crippen molar-refractivity contribution in [2.45, 2.75) is 96.9 Å². The van der Waals surface area contributed by atoms with Gasteiger partial charge in [0.1, 0.15) is 12.0 Å². The van der Waals surface area contributed by atoms with Gasteiger partial charge in [-0.25, -0.2) is 0 Å². The lowest BCUT2D eigenvalue weighted by atomic mass is 9.75. The Morgan fingerprint density at radius 1 is 1.00 bits per heavy atom. The molecule has 2 aliphatic rings. The minimum atomic E-state index is -3.03. The van der Waals surface area contributed by atoms with E-state index in [-0.39, 0.29) is 17.2 Å². The van der Waals surface area contributed by atoms with Crippen LogP contribution in [0.3, 0.4) is 0 Å². The second-order valence-corrected chi connectivity index (χ2v) is 18.8. The number of allylic oxidation sites excluding steroid dienone is 3. The van der Waals surface area contributed by atoms with Crippen molar-refractivity contribution in [3.63, 3.8) is 0 Å². The van der Waals surface area contributed by atoms with Gasteiger partial charge in [0.25, 0.3) is 8.32 Å². The van der Waals surface area contributed by atoms with Crippen LogP contribution in [0.5, 0.6) is 0 Å². The van der Waals surface area contributed by atoms with Crippen LogP contribution >= 0.6 is 15.9 Å². The van der Waals surface area contributed by atoms with Crippen molar-refractivity contribution in [1.82, 2.24) is 0 Å². The van der Waals surface area contributed by atoms with E-state index in [0.717, 1.165) is 15.9 Å². The molecule has 0 aliphatic carbocycles. The fourth-order valence-corrected chi connectivity index (χ4v) is 11.4. The molecule has 2 heterocycles. The van der Waals surface area contributed by atoms with E-state index in [2.05, 4.69) is 61.0 Å². The first-order valence-electron chi connectivity index (χ1n) is 15.7. The normalized spacial score (nSPS) is 29.5. The van der Waals surface area contributed by atoms with Gasteiger partial charge in [0.05, 0.1) is 17.6 Å². The maximum Gasteiger partial charge on any atom is 0.314 e. The Morgan fingerprint density at radius 2 is 1.58 bits per heavy atom. The molecular weight excluding hydrogens is 648 g/mol. The van der Waals surface area contributed by atoms with Crippen LogP contribution in [0.2, 0.25) is 5.04 Å². The van der Waals surface area contributed by atoms with E-state index in [9.17, 15) is 14.7 Å². The number of rotatable bonds is 6. The summed E-state index contributed by atoms with van der Waals surface area (Å²) in [5.41, 5.74) is -0.215. The molecule has 242 valence electrons. The molecule has 2 aliphatic heterocycles. The maximum absolute atomic E-state index is 13.9. The largest absolute Gasteiger partial charge is 0.457 e. The van der Waals surface area contributed by atoms with Gasteiger partial charge in [0.15, 0.2) is 11.6 Å². The van der Waals surface area contributed by atoms with Crippen LogP contribution in [0.1, 0.15) is 67.7 Å². The van der Waals surface area contributed by atoms with Gasteiger partial charge >= 0.3 is 5.97 Å². The average Bonchev–Trinajstić information content (AvgIpc) is 2.99. The van der Waals surface area contributed by atoms with E-state index < -0.39 is 49.7 Å². The van der Waals surface area contributed by atoms with Crippen molar-refractivity contribution in [1.29, 1.82) is 0 Å². The number of carbonyl (C=O) groups is 2. The fourth-order valence-electron chi connectivity index (χ4n) is 6.50. The molecular formula is C37H47BrO6Si. The molecule has 6 nitrogen and oxygen atoms in total. The molecule has 1 fully saturated rings. The number of aliphatic hydroxyl groups is 1. The number of fused-ring (bicyclic) bond motifs is 2. The Labute approximate surface area is 277 Å². The van der Waals surface area contributed by atoms with Crippen molar-refractivity contribution >= 4 is 46.4 Å². The second kappa shape index (κ2) is 14.0. The third kappa shape index (κ3) is 7.52. The van der Waals surface area contributed by atoms with Crippen LogP contribution in [0.25, 0.3) is 0 Å². The summed E-state index contributed by atoms with van der Waals surface area (Å²) in [6, 6.07) is 20.6. The number of benzene rings is 2. The number of ether oxygens (including phenoxy) is 2. The molecule has 1 saturated heterocycles. The van der Waals surface area contributed by atoms with Gasteiger partial charge in [-0.05, 0) is 52.8 Å². The topological polar surface area (TPSA) is 82.1 Å². The van der Waals surface area contributed by atoms with Crippen molar-refractivity contribution in [3.8, 4) is 0 Å². The third-order valence-corrected chi connectivity index (χ3v) is 14.6. The molecule has 2 bridgehead atoms. The first kappa shape index (κ1) is 35.2. The van der Waals surface area contributed by atoms with E-state index in [1.807, 2.05) is 57.2 Å². The third-order valence-electron chi connectivity index (χ3n) is 9.25. The Hall–Kier alpha value is -2.62. The van der Waals surface area contributed by atoms with Crippen LogP contribution < -0.4 is 10.4 Å². The summed E-state index contributed by atoms with van der Waals surface area (Å²) < 4.78 is 19.8. The standard InChI is InChI=1S/C37H47BrO6Si/c1-26-22-28(16-14-15-21-38)42-34(40)27(2)37(41)25-29(24-33(43-37)36(6,7)32(39)23-26)44-45(35(3,4)5,30-17-10-8-11-18-30)31-19-12-9-13-20-31/h8-21,23,27-29,33,41H,22,24-25H2,1-7H3/b16-14+,21-15+,26-23+/t27-,28-,29+,33+,37-/m0/s1. The second-order valence-electron chi connectivity index (χ2n) is 14.0. The van der Waals surface area contributed by atoms with E-state index in [1.54, 1.807) is 36.2 Å². The van der Waals surface area contributed by atoms with Gasteiger partial charge in [0.2, 0.25) is 0 Å². The summed E-state index contributed by atoms with van der Waals surface area (Å²) in [6.07, 6.45) is 5.87. The number of hydrogen-bond acceptors (Lipinski definition) is 6. The molecule has 0 amide bonds. The molecule has 0 spiro atoms. The highest BCUT2D eigenvalue weighted by molar-refractivity contribution is 9.11.